The summed E-state index contributed by atoms with van der Waals surface area (Å²) in [5.41, 5.74) is -2.09. The zero-order valence-corrected chi connectivity index (χ0v) is 24.1. The van der Waals surface area contributed by atoms with E-state index < -0.39 is 87.3 Å². The van der Waals surface area contributed by atoms with Gasteiger partial charge in [0, 0.05) is 18.7 Å². The second-order valence-corrected chi connectivity index (χ2v) is 11.2. The molecule has 0 saturated heterocycles. The molecule has 46 heavy (non-hydrogen) atoms. The molecule has 2 heterocycles. The molecule has 0 radical (unpaired) electrons. The van der Waals surface area contributed by atoms with Gasteiger partial charge in [-0.3, -0.25) is 14.2 Å². The van der Waals surface area contributed by atoms with E-state index in [1.807, 2.05) is 0 Å². The number of carbonyl (C=O) groups is 2. The standard InChI is InChI=1S/C22H19ClF5N5O5S.C2HF3O2/c23-17-10-30-19(31-12-21(24,25)16-7-3-4-8-33(16)36)20(35)32(17)11-18(34)29-9-14-5-1-2-6-15(14)39(37,38)13-22(26,27)28;3-2(4,5)1(6)7/h1-8,10H,9,11-13H2,(H,29,34)(H,30,31);(H,6,7). The number of aromatic nitrogens is 3. The number of nitrogens with one attached hydrogen (secondary N) is 2. The number of halogens is 9. The predicted molar refractivity (Wildman–Crippen MR) is 141 cm³/mol. The highest BCUT2D eigenvalue weighted by molar-refractivity contribution is 7.91. The van der Waals surface area contributed by atoms with Gasteiger partial charge in [-0.15, -0.1) is 0 Å². The van der Waals surface area contributed by atoms with Crippen LogP contribution in [0.25, 0.3) is 0 Å². The summed E-state index contributed by atoms with van der Waals surface area (Å²) in [5.74, 6) is -10.1. The molecule has 0 aliphatic heterocycles. The zero-order valence-electron chi connectivity index (χ0n) is 22.6. The largest absolute Gasteiger partial charge is 0.618 e. The summed E-state index contributed by atoms with van der Waals surface area (Å²) in [6, 6.07) is 8.13. The van der Waals surface area contributed by atoms with Crippen LogP contribution in [0.2, 0.25) is 5.15 Å². The third kappa shape index (κ3) is 10.8. The molecule has 12 nitrogen and oxygen atoms in total. The van der Waals surface area contributed by atoms with Crippen LogP contribution < -0.4 is 20.9 Å². The molecule has 0 fully saturated rings. The Morgan fingerprint density at radius 3 is 2.17 bits per heavy atom. The fourth-order valence-electron chi connectivity index (χ4n) is 3.37. The first-order valence-corrected chi connectivity index (χ1v) is 14.1. The Balaban J connectivity index is 0.000000942. The molecule has 22 heteroatoms. The highest BCUT2D eigenvalue weighted by atomic mass is 35.5. The number of benzene rings is 1. The third-order valence-electron chi connectivity index (χ3n) is 5.36. The fraction of sp³-hybridized carbons (Fsp3) is 0.292. The molecule has 0 aliphatic rings. The fourth-order valence-corrected chi connectivity index (χ4v) is 4.97. The van der Waals surface area contributed by atoms with Gasteiger partial charge in [-0.25, -0.2) is 18.2 Å². The second kappa shape index (κ2) is 14.7. The van der Waals surface area contributed by atoms with E-state index in [0.29, 0.717) is 4.57 Å². The third-order valence-corrected chi connectivity index (χ3v) is 7.44. The number of nitrogens with zero attached hydrogens (tertiary/aromatic N) is 3. The minimum absolute atomic E-state index is 0.0356. The van der Waals surface area contributed by atoms with Crippen molar-refractivity contribution in [1.82, 2.24) is 14.9 Å². The van der Waals surface area contributed by atoms with Gasteiger partial charge in [-0.2, -0.15) is 39.9 Å². The Hall–Kier alpha value is -4.53. The maximum atomic E-state index is 14.5. The first-order valence-electron chi connectivity index (χ1n) is 12.0. The molecule has 0 unspecified atom stereocenters. The van der Waals surface area contributed by atoms with Gasteiger partial charge in [0.05, 0.1) is 17.6 Å². The Labute approximate surface area is 257 Å². The average molecular weight is 710 g/mol. The van der Waals surface area contributed by atoms with Gasteiger partial charge < -0.3 is 20.9 Å². The number of carbonyl (C=O) groups excluding carboxylic acids is 1. The number of rotatable bonds is 10. The monoisotopic (exact) mass is 709 g/mol. The van der Waals surface area contributed by atoms with Crippen LogP contribution in [0.5, 0.6) is 0 Å². The number of hydrogen-bond donors (Lipinski definition) is 3. The van der Waals surface area contributed by atoms with Gasteiger partial charge >= 0.3 is 24.2 Å². The first-order chi connectivity index (χ1) is 21.0. The molecular formula is C24H20ClF8N5O7S. The van der Waals surface area contributed by atoms with Crippen molar-refractivity contribution in [2.45, 2.75) is 36.3 Å². The van der Waals surface area contributed by atoms with Crippen molar-refractivity contribution in [1.29, 1.82) is 0 Å². The molecular weight excluding hydrogens is 690 g/mol. The van der Waals surface area contributed by atoms with Crippen LogP contribution in [0.1, 0.15) is 11.3 Å². The average Bonchev–Trinajstić information content (AvgIpc) is 2.92. The summed E-state index contributed by atoms with van der Waals surface area (Å²) in [6.07, 6.45) is -8.28. The van der Waals surface area contributed by atoms with Gasteiger partial charge in [0.1, 0.15) is 11.7 Å². The van der Waals surface area contributed by atoms with Crippen LogP contribution in [0.4, 0.5) is 40.9 Å². The Morgan fingerprint density at radius 1 is 1.02 bits per heavy atom. The lowest BCUT2D eigenvalue weighted by Crippen LogP contribution is -2.41. The van der Waals surface area contributed by atoms with Crippen LogP contribution in [0.15, 0.2) is 64.5 Å². The van der Waals surface area contributed by atoms with E-state index in [-0.39, 0.29) is 15.4 Å². The van der Waals surface area contributed by atoms with Crippen molar-refractivity contribution < 1.29 is 63.0 Å². The topological polar surface area (TPSA) is 174 Å². The van der Waals surface area contributed by atoms with Crippen molar-refractivity contribution in [3.05, 3.63) is 86.8 Å². The van der Waals surface area contributed by atoms with Gasteiger partial charge in [-0.05, 0) is 17.7 Å². The van der Waals surface area contributed by atoms with Crippen LogP contribution in [-0.4, -0.2) is 59.6 Å². The normalized spacial score (nSPS) is 12.1. The Morgan fingerprint density at radius 2 is 1.61 bits per heavy atom. The number of amides is 1. The number of pyridine rings is 1. The summed E-state index contributed by atoms with van der Waals surface area (Å²) >= 11 is 5.93. The smallest absolute Gasteiger partial charge is 0.490 e. The number of sulfone groups is 1. The lowest BCUT2D eigenvalue weighted by Gasteiger charge is -2.17. The molecule has 3 rings (SSSR count). The lowest BCUT2D eigenvalue weighted by atomic mass is 10.2. The molecule has 3 N–H and O–H groups in total. The highest BCUT2D eigenvalue weighted by Gasteiger charge is 2.40. The second-order valence-electron chi connectivity index (χ2n) is 8.85. The minimum atomic E-state index is -5.08. The molecule has 0 bridgehead atoms. The van der Waals surface area contributed by atoms with E-state index in [1.54, 1.807) is 0 Å². The Bertz CT molecular complexity index is 1730. The van der Waals surface area contributed by atoms with Gasteiger partial charge in [0.15, 0.2) is 27.6 Å². The minimum Gasteiger partial charge on any atom is -0.618 e. The van der Waals surface area contributed by atoms with Crippen molar-refractivity contribution in [3.63, 3.8) is 0 Å². The molecule has 1 amide bonds. The lowest BCUT2D eigenvalue weighted by molar-refractivity contribution is -0.624. The van der Waals surface area contributed by atoms with E-state index in [1.165, 1.54) is 30.3 Å². The molecule has 3 aromatic rings. The summed E-state index contributed by atoms with van der Waals surface area (Å²) in [5, 5.41) is 22.8. The number of anilines is 1. The molecule has 0 saturated carbocycles. The van der Waals surface area contributed by atoms with E-state index in [0.717, 1.165) is 24.5 Å². The summed E-state index contributed by atoms with van der Waals surface area (Å²) in [4.78, 5) is 37.1. The van der Waals surface area contributed by atoms with E-state index in [9.17, 15) is 58.3 Å². The van der Waals surface area contributed by atoms with Crippen LogP contribution >= 0.6 is 11.6 Å². The Kier molecular flexibility index (Phi) is 12.0. The van der Waals surface area contributed by atoms with E-state index in [4.69, 9.17) is 21.5 Å². The van der Waals surface area contributed by atoms with Gasteiger partial charge in [-0.1, -0.05) is 29.8 Å². The van der Waals surface area contributed by atoms with Crippen molar-refractivity contribution in [3.8, 4) is 0 Å². The molecule has 2 aromatic heterocycles. The van der Waals surface area contributed by atoms with Crippen LogP contribution in [0.3, 0.4) is 0 Å². The van der Waals surface area contributed by atoms with E-state index >= 15 is 0 Å². The van der Waals surface area contributed by atoms with Crippen molar-refractivity contribution in [2.75, 3.05) is 17.6 Å². The van der Waals surface area contributed by atoms with E-state index in [2.05, 4.69) is 15.6 Å². The van der Waals surface area contributed by atoms with Crippen LogP contribution in [-0.2, 0) is 38.4 Å². The first kappa shape index (κ1) is 37.7. The summed E-state index contributed by atoms with van der Waals surface area (Å²) in [7, 11) is -4.77. The quantitative estimate of drug-likeness (QED) is 0.162. The van der Waals surface area contributed by atoms with Crippen molar-refractivity contribution in [2.24, 2.45) is 0 Å². The molecule has 0 spiro atoms. The molecule has 0 atom stereocenters. The number of carboxylic acids is 1. The zero-order chi connectivity index (χ0) is 35.1. The number of alkyl halides is 8. The van der Waals surface area contributed by atoms with Crippen LogP contribution in [0, 0.1) is 5.21 Å². The maximum absolute atomic E-state index is 14.5. The summed E-state index contributed by atoms with van der Waals surface area (Å²) in [6.45, 7) is -2.46. The predicted octanol–water partition coefficient (Wildman–Crippen LogP) is 3.02. The SMILES string of the molecule is O=C(Cn1c(Cl)cnc(NCC(F)(F)c2cccc[n+]2[O-])c1=O)NCc1ccccc1S(=O)(=O)CC(F)(F)F.O=C(O)C(F)(F)F. The van der Waals surface area contributed by atoms with Gasteiger partial charge in [0.2, 0.25) is 5.91 Å². The maximum Gasteiger partial charge on any atom is 0.490 e. The molecule has 252 valence electrons. The summed E-state index contributed by atoms with van der Waals surface area (Å²) < 4.78 is 124. The highest BCUT2D eigenvalue weighted by Crippen LogP contribution is 2.26. The molecule has 0 aliphatic carbocycles. The number of carboxylic acid groups (broad SMARTS) is 1. The van der Waals surface area contributed by atoms with Crippen molar-refractivity contribution >= 4 is 39.1 Å². The molecule has 1 aromatic carbocycles. The number of hydrogen-bond acceptors (Lipinski definition) is 8. The number of aliphatic carboxylic acids is 1. The van der Waals surface area contributed by atoms with Gasteiger partial charge in [0.25, 0.3) is 11.3 Å².